The van der Waals surface area contributed by atoms with E-state index in [1.807, 2.05) is 32.0 Å². The summed E-state index contributed by atoms with van der Waals surface area (Å²) in [5, 5.41) is 13.1. The molecule has 326 valence electrons. The minimum atomic E-state index is -2.95. The average molecular weight is 853 g/mol. The molecule has 0 bridgehead atoms. The number of carbonyl (C=O) groups excluding carboxylic acids is 3. The van der Waals surface area contributed by atoms with Gasteiger partial charge in [0.25, 0.3) is 6.43 Å². The minimum absolute atomic E-state index is 0.0701. The largest absolute Gasteiger partial charge is 0.443 e. The van der Waals surface area contributed by atoms with Crippen molar-refractivity contribution in [2.45, 2.75) is 104 Å². The van der Waals surface area contributed by atoms with Crippen molar-refractivity contribution in [1.29, 1.82) is 0 Å². The molecule has 0 radical (unpaired) electrons. The molecule has 2 saturated heterocycles. The molecule has 5 aromatic rings. The Morgan fingerprint density at radius 1 is 0.968 bits per heavy atom. The van der Waals surface area contributed by atoms with Crippen LogP contribution in [0.1, 0.15) is 118 Å². The number of fused-ring (bicyclic) bond motifs is 1. The summed E-state index contributed by atoms with van der Waals surface area (Å²) < 4.78 is 62.7. The van der Waals surface area contributed by atoms with E-state index >= 15 is 8.78 Å². The topological polar surface area (TPSA) is 118 Å². The Balaban J connectivity index is 1.02. The smallest absolute Gasteiger partial charge is 0.312 e. The lowest BCUT2D eigenvalue weighted by atomic mass is 9.73. The number of hydrogen-bond acceptors (Lipinski definition) is 9. The van der Waals surface area contributed by atoms with E-state index in [0.29, 0.717) is 52.1 Å². The van der Waals surface area contributed by atoms with E-state index in [2.05, 4.69) is 31.5 Å². The molecule has 0 spiro atoms. The molecule has 7 rings (SSSR count). The number of nitrogens with zero attached hydrogens (tertiary/aromatic N) is 5. The zero-order valence-electron chi connectivity index (χ0n) is 36.1. The second-order valence-electron chi connectivity index (χ2n) is 17.9. The number of amides is 2. The van der Waals surface area contributed by atoms with E-state index in [0.717, 1.165) is 48.0 Å². The van der Waals surface area contributed by atoms with Crippen molar-refractivity contribution in [1.82, 2.24) is 25.0 Å². The maximum absolute atomic E-state index is 15.4. The van der Waals surface area contributed by atoms with E-state index in [1.54, 1.807) is 52.9 Å². The first-order valence-electron chi connectivity index (χ1n) is 21.0. The molecule has 14 heteroatoms. The maximum Gasteiger partial charge on any atom is 0.312 e. The molecule has 2 aliphatic heterocycles. The van der Waals surface area contributed by atoms with Crippen molar-refractivity contribution in [2.24, 2.45) is 5.41 Å². The number of likely N-dealkylation sites (tertiary alicyclic amines) is 2. The third-order valence-electron chi connectivity index (χ3n) is 12.4. The lowest BCUT2D eigenvalue weighted by molar-refractivity contribution is -0.168. The maximum atomic E-state index is 15.4. The Kier molecular flexibility index (Phi) is 12.5. The van der Waals surface area contributed by atoms with Gasteiger partial charge in [-0.15, -0.1) is 5.10 Å². The molecule has 0 saturated carbocycles. The van der Waals surface area contributed by atoms with Gasteiger partial charge in [-0.1, -0.05) is 36.4 Å². The quantitative estimate of drug-likeness (QED) is 0.0787. The van der Waals surface area contributed by atoms with E-state index in [4.69, 9.17) is 4.74 Å². The number of carbonyl (C=O) groups is 3. The highest BCUT2D eigenvalue weighted by atomic mass is 19.3. The molecule has 1 N–H and O–H groups in total. The zero-order valence-corrected chi connectivity index (χ0v) is 36.1. The Bertz CT molecular complexity index is 2540. The predicted molar refractivity (Wildman–Crippen MR) is 228 cm³/mol. The summed E-state index contributed by atoms with van der Waals surface area (Å²) in [6.07, 6.45) is 0.953. The first-order valence-corrected chi connectivity index (χ1v) is 21.0. The van der Waals surface area contributed by atoms with Crippen LogP contribution < -0.4 is 5.32 Å². The number of rotatable bonds is 11. The number of benzene rings is 3. The summed E-state index contributed by atoms with van der Waals surface area (Å²) in [7, 11) is 0. The van der Waals surface area contributed by atoms with Crippen molar-refractivity contribution in [2.75, 3.05) is 25.1 Å². The molecule has 2 aromatic heterocycles. The average Bonchev–Trinajstić information content (AvgIpc) is 3.23. The number of imide groups is 1. The van der Waals surface area contributed by atoms with Gasteiger partial charge in [0, 0.05) is 46.6 Å². The summed E-state index contributed by atoms with van der Waals surface area (Å²) in [6, 6.07) is 16.0. The molecular formula is C48H52F4N6O4. The first-order chi connectivity index (χ1) is 29.3. The van der Waals surface area contributed by atoms with Gasteiger partial charge < -0.3 is 10.1 Å². The Morgan fingerprint density at radius 2 is 1.69 bits per heavy atom. The highest BCUT2D eigenvalue weighted by Crippen LogP contribution is 2.39. The van der Waals surface area contributed by atoms with Gasteiger partial charge in [-0.05, 0) is 128 Å². The van der Waals surface area contributed by atoms with Gasteiger partial charge in [0.1, 0.15) is 11.6 Å². The fourth-order valence-electron chi connectivity index (χ4n) is 8.51. The standard InChI is InChI=1S/C48H52F4N6O4/c1-27-21-33(48(7)18-15-41(59)58(45(48)60)26-62-46(61)47(4,5)6)12-13-34(27)30-16-19-57(20-17-30)25-32-22-31(11-14-39(32)49)40-23-37-38(24-53-40)29(3)55-56-44(37)54-28(2)35-9-8-10-36(42(35)50)43(51)52/h8-14,21-24,28,30,43H,15-20,25-26H2,1-7H3,(H,54,56)/t28-,48-/m1/s1. The van der Waals surface area contributed by atoms with Gasteiger partial charge in [-0.25, -0.2) is 22.5 Å². The number of aromatic nitrogens is 3. The fraction of sp³-hybridized carbons (Fsp3) is 0.417. The van der Waals surface area contributed by atoms with Crippen LogP contribution >= 0.6 is 0 Å². The molecule has 62 heavy (non-hydrogen) atoms. The first kappa shape index (κ1) is 44.3. The van der Waals surface area contributed by atoms with Crippen molar-refractivity contribution in [3.63, 3.8) is 0 Å². The molecule has 2 amide bonds. The summed E-state index contributed by atoms with van der Waals surface area (Å²) >= 11 is 0. The molecule has 10 nitrogen and oxygen atoms in total. The van der Waals surface area contributed by atoms with Crippen molar-refractivity contribution < 1.29 is 36.7 Å². The highest BCUT2D eigenvalue weighted by molar-refractivity contribution is 6.03. The van der Waals surface area contributed by atoms with Gasteiger partial charge >= 0.3 is 5.97 Å². The van der Waals surface area contributed by atoms with Gasteiger partial charge in [-0.2, -0.15) is 5.10 Å². The number of ether oxygens (including phenoxy) is 1. The van der Waals surface area contributed by atoms with E-state index < -0.39 is 47.4 Å². The van der Waals surface area contributed by atoms with Gasteiger partial charge in [-0.3, -0.25) is 24.3 Å². The lowest BCUT2D eigenvalue weighted by Crippen LogP contribution is -2.53. The summed E-state index contributed by atoms with van der Waals surface area (Å²) in [4.78, 5) is 46.9. The van der Waals surface area contributed by atoms with Crippen LogP contribution in [0.25, 0.3) is 22.0 Å². The highest BCUT2D eigenvalue weighted by Gasteiger charge is 2.45. The van der Waals surface area contributed by atoms with Crippen molar-refractivity contribution in [3.05, 3.63) is 118 Å². The second-order valence-corrected chi connectivity index (χ2v) is 17.9. The minimum Gasteiger partial charge on any atom is -0.443 e. The van der Waals surface area contributed by atoms with Crippen LogP contribution in [0.3, 0.4) is 0 Å². The molecular weight excluding hydrogens is 801 g/mol. The van der Waals surface area contributed by atoms with Crippen LogP contribution in [-0.4, -0.2) is 62.6 Å². The van der Waals surface area contributed by atoms with Gasteiger partial charge in [0.05, 0.1) is 33.8 Å². The molecule has 0 unspecified atom stereocenters. The number of halogens is 4. The molecule has 3 aromatic carbocycles. The monoisotopic (exact) mass is 852 g/mol. The van der Waals surface area contributed by atoms with Gasteiger partial charge in [0.15, 0.2) is 12.5 Å². The molecule has 2 atom stereocenters. The van der Waals surface area contributed by atoms with E-state index in [9.17, 15) is 23.2 Å². The van der Waals surface area contributed by atoms with Crippen LogP contribution in [0, 0.1) is 30.9 Å². The Morgan fingerprint density at radius 3 is 2.39 bits per heavy atom. The Hall–Kier alpha value is -5.76. The number of aryl methyl sites for hydroxylation is 2. The fourth-order valence-corrected chi connectivity index (χ4v) is 8.51. The normalized spacial score (nSPS) is 18.4. The van der Waals surface area contributed by atoms with E-state index in [-0.39, 0.29) is 35.5 Å². The van der Waals surface area contributed by atoms with Crippen LogP contribution in [0.2, 0.25) is 0 Å². The number of piperidine rings is 2. The Labute approximate surface area is 359 Å². The number of anilines is 1. The lowest BCUT2D eigenvalue weighted by Gasteiger charge is -2.39. The van der Waals surface area contributed by atoms with E-state index in [1.165, 1.54) is 23.8 Å². The molecule has 2 aliphatic rings. The number of alkyl halides is 2. The van der Waals surface area contributed by atoms with Crippen LogP contribution in [0.5, 0.6) is 0 Å². The van der Waals surface area contributed by atoms with Gasteiger partial charge in [0.2, 0.25) is 11.8 Å². The number of hydrogen-bond donors (Lipinski definition) is 1. The summed E-state index contributed by atoms with van der Waals surface area (Å²) in [6.45, 7) is 14.0. The second kappa shape index (κ2) is 17.5. The van der Waals surface area contributed by atoms with Crippen molar-refractivity contribution >= 4 is 34.4 Å². The van der Waals surface area contributed by atoms with Crippen LogP contribution in [-0.2, 0) is 31.1 Å². The zero-order chi connectivity index (χ0) is 44.7. The molecule has 4 heterocycles. The molecule has 0 aliphatic carbocycles. The third-order valence-corrected chi connectivity index (χ3v) is 12.4. The van der Waals surface area contributed by atoms with Crippen molar-refractivity contribution in [3.8, 4) is 11.3 Å². The number of nitrogens with one attached hydrogen (secondary N) is 1. The molecule has 2 fully saturated rings. The summed E-state index contributed by atoms with van der Waals surface area (Å²) in [5.74, 6) is -1.93. The number of pyridine rings is 1. The van der Waals surface area contributed by atoms with Crippen LogP contribution in [0.4, 0.5) is 23.4 Å². The number of esters is 1. The predicted octanol–water partition coefficient (Wildman–Crippen LogP) is 10.0. The van der Waals surface area contributed by atoms with Crippen LogP contribution in [0.15, 0.2) is 66.9 Å². The summed E-state index contributed by atoms with van der Waals surface area (Å²) in [5.41, 5.74) is 3.16. The third kappa shape index (κ3) is 8.93. The SMILES string of the molecule is Cc1cc([C@@]2(C)CCC(=O)N(COC(=O)C(C)(C)C)C2=O)ccc1C1CCN(Cc2cc(-c3cc4c(N[C@H](C)c5cccc(C(F)F)c5F)nnc(C)c4cn3)ccc2F)CC1.